The van der Waals surface area contributed by atoms with Gasteiger partial charge in [-0.3, -0.25) is 9.59 Å². The zero-order chi connectivity index (χ0) is 28.5. The van der Waals surface area contributed by atoms with Crippen LogP contribution in [0.15, 0.2) is 47.5 Å². The Morgan fingerprint density at radius 2 is 1.87 bits per heavy atom. The number of carbonyl (C=O) groups is 2. The number of nitrogens with one attached hydrogen (secondary N) is 2. The van der Waals surface area contributed by atoms with Gasteiger partial charge in [0.1, 0.15) is 17.3 Å². The van der Waals surface area contributed by atoms with Crippen molar-refractivity contribution in [2.75, 3.05) is 17.2 Å². The number of hydrogen-bond donors (Lipinski definition) is 3. The van der Waals surface area contributed by atoms with E-state index in [4.69, 9.17) is 21.4 Å². The fraction of sp³-hybridized carbons (Fsp3) is 0.308. The topological polar surface area (TPSA) is 151 Å². The second kappa shape index (κ2) is 11.1. The molecule has 4 rings (SSSR count). The number of halogens is 1. The van der Waals surface area contributed by atoms with Crippen molar-refractivity contribution < 1.29 is 27.9 Å². The molecule has 1 aliphatic rings. The van der Waals surface area contributed by atoms with Crippen molar-refractivity contribution in [3.63, 3.8) is 0 Å². The molecule has 0 aliphatic carbocycles. The second-order valence-corrected chi connectivity index (χ2v) is 12.3. The summed E-state index contributed by atoms with van der Waals surface area (Å²) in [5.74, 6) is -0.821. The first kappa shape index (κ1) is 28.1. The number of aliphatic carboxylic acids is 1. The van der Waals surface area contributed by atoms with Crippen LogP contribution in [0.25, 0.3) is 0 Å². The third kappa shape index (κ3) is 6.07. The molecular weight excluding hydrogens is 546 g/mol. The van der Waals surface area contributed by atoms with E-state index in [9.17, 15) is 18.0 Å². The summed E-state index contributed by atoms with van der Waals surface area (Å²) in [7, 11) is -3.59. The maximum absolute atomic E-state index is 12.9. The lowest BCUT2D eigenvalue weighted by Gasteiger charge is -2.17. The van der Waals surface area contributed by atoms with Crippen LogP contribution < -0.4 is 15.4 Å². The van der Waals surface area contributed by atoms with Crippen LogP contribution in [-0.4, -0.2) is 58.2 Å². The van der Waals surface area contributed by atoms with Crippen LogP contribution in [0.2, 0.25) is 5.02 Å². The number of carboxylic acids is 1. The molecule has 3 aromatic rings. The Bertz CT molecular complexity index is 1540. The number of rotatable bonds is 10. The number of ether oxygens (including phenoxy) is 1. The van der Waals surface area contributed by atoms with Crippen molar-refractivity contribution >= 4 is 56.5 Å². The predicted octanol–water partition coefficient (Wildman–Crippen LogP) is 4.63. The first-order valence-corrected chi connectivity index (χ1v) is 14.0. The molecule has 1 aromatic heterocycles. The third-order valence-corrected chi connectivity index (χ3v) is 8.32. The first-order chi connectivity index (χ1) is 18.4. The lowest BCUT2D eigenvalue weighted by Crippen LogP contribution is -2.29. The molecule has 13 heteroatoms. The van der Waals surface area contributed by atoms with E-state index < -0.39 is 33.5 Å². The molecule has 206 valence electrons. The van der Waals surface area contributed by atoms with Gasteiger partial charge in [0, 0.05) is 12.1 Å². The van der Waals surface area contributed by atoms with Gasteiger partial charge in [-0.25, -0.2) is 13.4 Å². The summed E-state index contributed by atoms with van der Waals surface area (Å²) in [5, 5.41) is 14.7. The number of carboxylic acid groups (broad SMARTS) is 1. The van der Waals surface area contributed by atoms with E-state index in [1.165, 1.54) is 17.2 Å². The first-order valence-electron chi connectivity index (χ1n) is 12.1. The van der Waals surface area contributed by atoms with Gasteiger partial charge in [-0.15, -0.1) is 0 Å². The van der Waals surface area contributed by atoms with E-state index in [0.717, 1.165) is 0 Å². The largest absolute Gasteiger partial charge is 0.489 e. The summed E-state index contributed by atoms with van der Waals surface area (Å²) in [6.45, 7) is 6.64. The highest BCUT2D eigenvalue weighted by Gasteiger charge is 2.31. The molecule has 1 amide bonds. The minimum absolute atomic E-state index is 0.104. The molecule has 11 nitrogen and oxygen atoms in total. The fourth-order valence-corrected chi connectivity index (χ4v) is 5.31. The molecular formula is C26H28ClN5O6S. The van der Waals surface area contributed by atoms with Crippen molar-refractivity contribution in [2.45, 2.75) is 50.5 Å². The van der Waals surface area contributed by atoms with Gasteiger partial charge in [0.15, 0.2) is 15.7 Å². The standard InChI is InChI=1S/C26H28ClN5O6S/c1-14(2)38-21-9-16-12-32(13-23(33)34)25(35)17(16)10-20(21)30-26-28-11-18(27)24(31-26)29-19-7-5-6-8-22(19)39(36,37)15(3)4/h5-11,14-15H,12-13H2,1-4H3,(H,33,34)(H2,28,29,30,31). The normalized spacial score (nSPS) is 13.1. The highest BCUT2D eigenvalue weighted by Crippen LogP contribution is 2.36. The number of amides is 1. The lowest BCUT2D eigenvalue weighted by molar-refractivity contribution is -0.137. The Hall–Kier alpha value is -3.90. The summed E-state index contributed by atoms with van der Waals surface area (Å²) in [4.78, 5) is 34.0. The van der Waals surface area contributed by atoms with Crippen LogP contribution in [0.3, 0.4) is 0 Å². The number of fused-ring (bicyclic) bond motifs is 1. The second-order valence-electron chi connectivity index (χ2n) is 9.46. The Labute approximate surface area is 231 Å². The van der Waals surface area contributed by atoms with Gasteiger partial charge in [0.05, 0.1) is 33.8 Å². The summed E-state index contributed by atoms with van der Waals surface area (Å²) in [5.41, 5.74) is 1.69. The van der Waals surface area contributed by atoms with Crippen LogP contribution in [0.4, 0.5) is 23.1 Å². The fourth-order valence-electron chi connectivity index (χ4n) is 3.97. The van der Waals surface area contributed by atoms with Gasteiger partial charge < -0.3 is 25.4 Å². The molecule has 0 radical (unpaired) electrons. The SMILES string of the molecule is CC(C)Oc1cc2c(cc1Nc1ncc(Cl)c(Nc3ccccc3S(=O)(=O)C(C)C)n1)C(=O)N(CC(=O)O)C2. The maximum atomic E-state index is 12.9. The van der Waals surface area contributed by atoms with Gasteiger partial charge in [-0.2, -0.15) is 4.98 Å². The average molecular weight is 574 g/mol. The van der Waals surface area contributed by atoms with Crippen molar-refractivity contribution in [1.29, 1.82) is 0 Å². The van der Waals surface area contributed by atoms with Crippen molar-refractivity contribution in [3.05, 3.63) is 58.7 Å². The Kier molecular flexibility index (Phi) is 7.98. The molecule has 3 N–H and O–H groups in total. The molecule has 0 saturated heterocycles. The number of aromatic nitrogens is 2. The maximum Gasteiger partial charge on any atom is 0.323 e. The smallest absolute Gasteiger partial charge is 0.323 e. The number of hydrogen-bond acceptors (Lipinski definition) is 9. The molecule has 2 heterocycles. The number of para-hydroxylation sites is 1. The number of sulfone groups is 1. The van der Waals surface area contributed by atoms with Crippen LogP contribution in [0.5, 0.6) is 5.75 Å². The highest BCUT2D eigenvalue weighted by atomic mass is 35.5. The molecule has 0 spiro atoms. The Morgan fingerprint density at radius 3 is 2.54 bits per heavy atom. The van der Waals surface area contributed by atoms with E-state index in [2.05, 4.69) is 20.6 Å². The molecule has 0 atom stereocenters. The number of anilines is 4. The van der Waals surface area contributed by atoms with Crippen molar-refractivity contribution in [3.8, 4) is 5.75 Å². The molecule has 1 aliphatic heterocycles. The van der Waals surface area contributed by atoms with Gasteiger partial charge >= 0.3 is 5.97 Å². The molecule has 0 fully saturated rings. The van der Waals surface area contributed by atoms with E-state index in [-0.39, 0.29) is 34.3 Å². The number of carbonyl (C=O) groups excluding carboxylic acids is 1. The molecule has 0 saturated carbocycles. The predicted molar refractivity (Wildman–Crippen MR) is 147 cm³/mol. The van der Waals surface area contributed by atoms with Crippen LogP contribution in [-0.2, 0) is 21.2 Å². The molecule has 0 unspecified atom stereocenters. The van der Waals surface area contributed by atoms with E-state index in [1.807, 2.05) is 13.8 Å². The quantitative estimate of drug-likeness (QED) is 0.313. The van der Waals surface area contributed by atoms with Crippen LogP contribution >= 0.6 is 11.6 Å². The third-order valence-electron chi connectivity index (χ3n) is 5.83. The van der Waals surface area contributed by atoms with Crippen molar-refractivity contribution in [1.82, 2.24) is 14.9 Å². The van der Waals surface area contributed by atoms with E-state index >= 15 is 0 Å². The number of benzene rings is 2. The summed E-state index contributed by atoms with van der Waals surface area (Å²) in [6.07, 6.45) is 1.16. The van der Waals surface area contributed by atoms with Crippen LogP contribution in [0, 0.1) is 0 Å². The summed E-state index contributed by atoms with van der Waals surface area (Å²) < 4.78 is 31.7. The molecule has 0 bridgehead atoms. The minimum Gasteiger partial charge on any atom is -0.489 e. The summed E-state index contributed by atoms with van der Waals surface area (Å²) in [6, 6.07) is 9.73. The zero-order valence-corrected chi connectivity index (χ0v) is 23.3. The van der Waals surface area contributed by atoms with Crippen LogP contribution in [0.1, 0.15) is 43.6 Å². The average Bonchev–Trinajstić information content (AvgIpc) is 3.14. The van der Waals surface area contributed by atoms with Gasteiger partial charge in [-0.1, -0.05) is 23.7 Å². The summed E-state index contributed by atoms with van der Waals surface area (Å²) >= 11 is 6.34. The minimum atomic E-state index is -3.59. The molecule has 39 heavy (non-hydrogen) atoms. The molecule has 2 aromatic carbocycles. The zero-order valence-electron chi connectivity index (χ0n) is 21.7. The van der Waals surface area contributed by atoms with Gasteiger partial charge in [-0.05, 0) is 57.5 Å². The Morgan fingerprint density at radius 1 is 1.15 bits per heavy atom. The van der Waals surface area contributed by atoms with Crippen molar-refractivity contribution in [2.24, 2.45) is 0 Å². The highest BCUT2D eigenvalue weighted by molar-refractivity contribution is 7.92. The lowest BCUT2D eigenvalue weighted by atomic mass is 10.1. The van der Waals surface area contributed by atoms with Gasteiger partial charge in [0.25, 0.3) is 5.91 Å². The van der Waals surface area contributed by atoms with E-state index in [1.54, 1.807) is 44.2 Å². The number of nitrogens with zero attached hydrogens (tertiary/aromatic N) is 3. The van der Waals surface area contributed by atoms with E-state index in [0.29, 0.717) is 28.3 Å². The monoisotopic (exact) mass is 573 g/mol. The van der Waals surface area contributed by atoms with Gasteiger partial charge in [0.2, 0.25) is 5.95 Å². The Balaban J connectivity index is 1.68.